The van der Waals surface area contributed by atoms with E-state index in [0.29, 0.717) is 12.4 Å². The van der Waals surface area contributed by atoms with Crippen molar-refractivity contribution in [3.63, 3.8) is 0 Å². The molecule has 1 aromatic rings. The lowest BCUT2D eigenvalue weighted by atomic mass is 10.4. The molecule has 12 heavy (non-hydrogen) atoms. The number of nitrogens with one attached hydrogen (secondary N) is 1. The van der Waals surface area contributed by atoms with Gasteiger partial charge in [0.1, 0.15) is 12.2 Å². The van der Waals surface area contributed by atoms with E-state index in [9.17, 15) is 0 Å². The van der Waals surface area contributed by atoms with E-state index in [1.165, 1.54) is 6.33 Å². The van der Waals surface area contributed by atoms with Crippen molar-refractivity contribution in [3.05, 3.63) is 12.2 Å². The fourth-order valence-corrected chi connectivity index (χ4v) is 0.768. The maximum absolute atomic E-state index is 5.52. The monoisotopic (exact) mass is 167 g/mol. The quantitative estimate of drug-likeness (QED) is 0.493. The molecule has 1 rings (SSSR count). The van der Waals surface area contributed by atoms with Crippen LogP contribution < -0.4 is 5.73 Å². The lowest BCUT2D eigenvalue weighted by Gasteiger charge is -1.94. The first kappa shape index (κ1) is 8.70. The number of rotatable bonds is 4. The fourth-order valence-electron chi connectivity index (χ4n) is 0.768. The number of aromatic nitrogens is 3. The normalized spacial score (nSPS) is 11.9. The van der Waals surface area contributed by atoms with E-state index in [1.807, 2.05) is 6.92 Å². The highest BCUT2D eigenvalue weighted by Crippen LogP contribution is 1.88. The Morgan fingerprint density at radius 3 is 3.17 bits per heavy atom. The van der Waals surface area contributed by atoms with Crippen molar-refractivity contribution < 1.29 is 0 Å². The van der Waals surface area contributed by atoms with Gasteiger partial charge in [-0.1, -0.05) is 6.92 Å². The van der Waals surface area contributed by atoms with E-state index in [0.717, 1.165) is 18.7 Å². The predicted octanol–water partition coefficient (Wildman–Crippen LogP) is 0.114. The molecule has 1 heterocycles. The van der Waals surface area contributed by atoms with Crippen LogP contribution in [0.5, 0.6) is 0 Å². The minimum absolute atomic E-state index is 0.675. The molecule has 0 fully saturated rings. The van der Waals surface area contributed by atoms with Crippen LogP contribution in [0.25, 0.3) is 0 Å². The first-order valence-corrected chi connectivity index (χ1v) is 3.96. The van der Waals surface area contributed by atoms with Crippen molar-refractivity contribution in [2.75, 3.05) is 6.54 Å². The molecule has 5 heteroatoms. The van der Waals surface area contributed by atoms with Gasteiger partial charge in [-0.15, -0.1) is 0 Å². The number of H-pyrrole nitrogens is 1. The Labute approximate surface area is 71.1 Å². The average molecular weight is 167 g/mol. The van der Waals surface area contributed by atoms with Gasteiger partial charge in [0.2, 0.25) is 0 Å². The molecule has 0 bridgehead atoms. The van der Waals surface area contributed by atoms with Gasteiger partial charge in [-0.2, -0.15) is 5.10 Å². The first-order valence-electron chi connectivity index (χ1n) is 3.96. The van der Waals surface area contributed by atoms with Gasteiger partial charge in [0.15, 0.2) is 0 Å². The first-order chi connectivity index (χ1) is 5.83. The minimum Gasteiger partial charge on any atom is -0.387 e. The molecule has 5 nitrogen and oxygen atoms in total. The number of amidine groups is 1. The lowest BCUT2D eigenvalue weighted by molar-refractivity contribution is 0.870. The summed E-state index contributed by atoms with van der Waals surface area (Å²) >= 11 is 0. The van der Waals surface area contributed by atoms with E-state index in [4.69, 9.17) is 5.73 Å². The van der Waals surface area contributed by atoms with Gasteiger partial charge in [-0.3, -0.25) is 10.1 Å². The average Bonchev–Trinajstić information content (AvgIpc) is 2.57. The number of hydrogen-bond donors (Lipinski definition) is 2. The third-order valence-corrected chi connectivity index (χ3v) is 1.49. The standard InChI is InChI=1S/C7H13N5/c1-2-6(8)9-4-3-7-10-5-11-12-7/h5H,2-4H2,1H3,(H2,8,9)(H,10,11,12). The summed E-state index contributed by atoms with van der Waals surface area (Å²) in [5.74, 6) is 1.54. The van der Waals surface area contributed by atoms with Crippen molar-refractivity contribution in [3.8, 4) is 0 Å². The number of nitrogens with zero attached hydrogens (tertiary/aromatic N) is 3. The zero-order valence-electron chi connectivity index (χ0n) is 7.12. The lowest BCUT2D eigenvalue weighted by Crippen LogP contribution is -2.10. The summed E-state index contributed by atoms with van der Waals surface area (Å²) in [6.45, 7) is 2.65. The summed E-state index contributed by atoms with van der Waals surface area (Å²) in [4.78, 5) is 8.09. The Morgan fingerprint density at radius 1 is 1.75 bits per heavy atom. The van der Waals surface area contributed by atoms with Gasteiger partial charge in [-0.25, -0.2) is 4.98 Å². The molecule has 0 spiro atoms. The summed E-state index contributed by atoms with van der Waals surface area (Å²) in [7, 11) is 0. The number of aromatic amines is 1. The summed E-state index contributed by atoms with van der Waals surface area (Å²) < 4.78 is 0. The third-order valence-electron chi connectivity index (χ3n) is 1.49. The number of hydrogen-bond acceptors (Lipinski definition) is 3. The highest BCUT2D eigenvalue weighted by atomic mass is 15.2. The van der Waals surface area contributed by atoms with Crippen molar-refractivity contribution >= 4 is 5.84 Å². The van der Waals surface area contributed by atoms with Crippen molar-refractivity contribution in [1.82, 2.24) is 15.2 Å². The molecule has 0 aliphatic rings. The molecule has 0 aliphatic heterocycles. The molecular formula is C7H13N5. The van der Waals surface area contributed by atoms with E-state index in [-0.39, 0.29) is 0 Å². The molecule has 0 unspecified atom stereocenters. The second-order valence-electron chi connectivity index (χ2n) is 2.41. The molecule has 0 amide bonds. The maximum atomic E-state index is 5.52. The molecule has 0 saturated heterocycles. The molecule has 0 aromatic carbocycles. The summed E-state index contributed by atoms with van der Waals surface area (Å²) in [6.07, 6.45) is 3.05. The van der Waals surface area contributed by atoms with Crippen LogP contribution in [-0.2, 0) is 6.42 Å². The molecule has 0 radical (unpaired) electrons. The van der Waals surface area contributed by atoms with Crippen LogP contribution in [-0.4, -0.2) is 27.6 Å². The van der Waals surface area contributed by atoms with Crippen molar-refractivity contribution in [2.45, 2.75) is 19.8 Å². The minimum atomic E-state index is 0.675. The predicted molar refractivity (Wildman–Crippen MR) is 46.9 cm³/mol. The van der Waals surface area contributed by atoms with Gasteiger partial charge < -0.3 is 5.73 Å². The number of nitrogens with two attached hydrogens (primary N) is 1. The van der Waals surface area contributed by atoms with Crippen LogP contribution in [0.1, 0.15) is 19.2 Å². The van der Waals surface area contributed by atoms with Gasteiger partial charge in [0.25, 0.3) is 0 Å². The van der Waals surface area contributed by atoms with E-state index < -0.39 is 0 Å². The van der Waals surface area contributed by atoms with Crippen LogP contribution in [0, 0.1) is 0 Å². The molecule has 0 aliphatic carbocycles. The Bertz CT molecular complexity index is 238. The van der Waals surface area contributed by atoms with Gasteiger partial charge in [0.05, 0.1) is 5.84 Å². The Kier molecular flexibility index (Phi) is 3.25. The van der Waals surface area contributed by atoms with Crippen LogP contribution >= 0.6 is 0 Å². The van der Waals surface area contributed by atoms with Crippen LogP contribution in [0.4, 0.5) is 0 Å². The topological polar surface area (TPSA) is 79.9 Å². The zero-order valence-corrected chi connectivity index (χ0v) is 7.12. The van der Waals surface area contributed by atoms with Crippen LogP contribution in [0.3, 0.4) is 0 Å². The SMILES string of the molecule is CCC(N)=NCCc1ncn[nH]1. The van der Waals surface area contributed by atoms with Crippen LogP contribution in [0.15, 0.2) is 11.3 Å². The van der Waals surface area contributed by atoms with Gasteiger partial charge >= 0.3 is 0 Å². The Balaban J connectivity index is 2.28. The maximum Gasteiger partial charge on any atom is 0.137 e. The smallest absolute Gasteiger partial charge is 0.137 e. The highest BCUT2D eigenvalue weighted by Gasteiger charge is 1.93. The molecule has 0 atom stereocenters. The second-order valence-corrected chi connectivity index (χ2v) is 2.41. The van der Waals surface area contributed by atoms with Crippen LogP contribution in [0.2, 0.25) is 0 Å². The van der Waals surface area contributed by atoms with E-state index >= 15 is 0 Å². The largest absolute Gasteiger partial charge is 0.387 e. The van der Waals surface area contributed by atoms with Gasteiger partial charge in [-0.05, 0) is 0 Å². The molecule has 1 aromatic heterocycles. The third kappa shape index (κ3) is 2.69. The summed E-state index contributed by atoms with van der Waals surface area (Å²) in [6, 6.07) is 0. The Morgan fingerprint density at radius 2 is 2.58 bits per heavy atom. The Hall–Kier alpha value is -1.39. The van der Waals surface area contributed by atoms with Gasteiger partial charge in [0, 0.05) is 19.4 Å². The van der Waals surface area contributed by atoms with Crippen molar-refractivity contribution in [2.24, 2.45) is 10.7 Å². The number of aliphatic imine (C=N–C) groups is 1. The fraction of sp³-hybridized carbons (Fsp3) is 0.571. The molecular weight excluding hydrogens is 154 g/mol. The molecule has 66 valence electrons. The van der Waals surface area contributed by atoms with E-state index in [2.05, 4.69) is 20.2 Å². The zero-order chi connectivity index (χ0) is 8.81. The summed E-state index contributed by atoms with van der Waals surface area (Å²) in [5.41, 5.74) is 5.52. The highest BCUT2D eigenvalue weighted by molar-refractivity contribution is 5.79. The van der Waals surface area contributed by atoms with Crippen molar-refractivity contribution in [1.29, 1.82) is 0 Å². The molecule has 0 saturated carbocycles. The van der Waals surface area contributed by atoms with E-state index in [1.54, 1.807) is 0 Å². The second kappa shape index (κ2) is 4.48. The molecule has 3 N–H and O–H groups in total. The summed E-state index contributed by atoms with van der Waals surface area (Å²) in [5, 5.41) is 6.48.